The third kappa shape index (κ3) is 2.60. The van der Waals surface area contributed by atoms with E-state index in [0.29, 0.717) is 17.5 Å². The molecule has 1 aliphatic rings. The van der Waals surface area contributed by atoms with E-state index in [1.807, 2.05) is 18.2 Å². The summed E-state index contributed by atoms with van der Waals surface area (Å²) in [4.78, 5) is 2.24. The van der Waals surface area contributed by atoms with Crippen LogP contribution in [-0.4, -0.2) is 43.9 Å². The van der Waals surface area contributed by atoms with Crippen molar-refractivity contribution in [1.82, 2.24) is 4.90 Å². The smallest absolute Gasteiger partial charge is 0.161 e. The molecule has 1 saturated carbocycles. The molecule has 0 amide bonds. The van der Waals surface area contributed by atoms with Crippen LogP contribution in [0.25, 0.3) is 0 Å². The molecule has 0 heterocycles. The summed E-state index contributed by atoms with van der Waals surface area (Å²) in [5, 5.41) is 9.60. The summed E-state index contributed by atoms with van der Waals surface area (Å²) in [7, 11) is 5.31. The number of aliphatic hydroxyl groups excluding tert-OH is 1. The number of nitrogens with zero attached hydrogens (tertiary/aromatic N) is 1. The zero-order chi connectivity index (χ0) is 13.1. The van der Waals surface area contributed by atoms with Crippen molar-refractivity contribution in [2.24, 2.45) is 0 Å². The Balaban J connectivity index is 2.24. The highest BCUT2D eigenvalue weighted by Gasteiger charge is 2.31. The molecule has 4 nitrogen and oxygen atoms in total. The topological polar surface area (TPSA) is 41.9 Å². The van der Waals surface area contributed by atoms with Crippen molar-refractivity contribution >= 4 is 0 Å². The monoisotopic (exact) mass is 251 g/mol. The van der Waals surface area contributed by atoms with Crippen LogP contribution in [0.5, 0.6) is 11.5 Å². The van der Waals surface area contributed by atoms with Gasteiger partial charge < -0.3 is 14.6 Å². The molecule has 100 valence electrons. The van der Waals surface area contributed by atoms with Gasteiger partial charge in [0.1, 0.15) is 0 Å². The molecule has 0 spiro atoms. The van der Waals surface area contributed by atoms with Crippen LogP contribution >= 0.6 is 0 Å². The van der Waals surface area contributed by atoms with Gasteiger partial charge in [0.25, 0.3) is 0 Å². The molecule has 1 N–H and O–H groups in total. The molecule has 1 aromatic rings. The molecule has 0 radical (unpaired) electrons. The number of rotatable bonds is 6. The van der Waals surface area contributed by atoms with Crippen LogP contribution in [0.1, 0.15) is 24.4 Å². The predicted molar refractivity (Wildman–Crippen MR) is 70.2 cm³/mol. The zero-order valence-electron chi connectivity index (χ0n) is 11.2. The maximum atomic E-state index is 9.60. The third-order valence-electron chi connectivity index (χ3n) is 3.58. The molecule has 1 aromatic carbocycles. The molecule has 0 saturated heterocycles. The Morgan fingerprint density at radius 1 is 1.28 bits per heavy atom. The zero-order valence-corrected chi connectivity index (χ0v) is 11.2. The van der Waals surface area contributed by atoms with Gasteiger partial charge in [-0.2, -0.15) is 0 Å². The number of hydrogen-bond donors (Lipinski definition) is 1. The molecule has 0 aliphatic heterocycles. The number of benzene rings is 1. The van der Waals surface area contributed by atoms with Gasteiger partial charge >= 0.3 is 0 Å². The minimum atomic E-state index is 0.0253. The first-order chi connectivity index (χ1) is 8.71. The summed E-state index contributed by atoms with van der Waals surface area (Å²) >= 11 is 0. The lowest BCUT2D eigenvalue weighted by Gasteiger charge is -2.27. The maximum absolute atomic E-state index is 9.60. The van der Waals surface area contributed by atoms with Crippen LogP contribution in [0.3, 0.4) is 0 Å². The van der Waals surface area contributed by atoms with Crippen molar-refractivity contribution in [2.45, 2.75) is 24.9 Å². The number of methoxy groups -OCH3 is 2. The van der Waals surface area contributed by atoms with Crippen molar-refractivity contribution in [2.75, 3.05) is 27.9 Å². The molecule has 1 fully saturated rings. The average Bonchev–Trinajstić information content (AvgIpc) is 3.23. The molecule has 1 unspecified atom stereocenters. The Bertz CT molecular complexity index is 404. The Morgan fingerprint density at radius 3 is 2.44 bits per heavy atom. The van der Waals surface area contributed by atoms with Crippen LogP contribution in [0.2, 0.25) is 0 Å². The third-order valence-corrected chi connectivity index (χ3v) is 3.58. The molecular weight excluding hydrogens is 230 g/mol. The van der Waals surface area contributed by atoms with Crippen molar-refractivity contribution in [3.05, 3.63) is 23.8 Å². The molecule has 0 aromatic heterocycles. The molecule has 2 rings (SSSR count). The Hall–Kier alpha value is -1.26. The molecule has 18 heavy (non-hydrogen) atoms. The normalized spacial score (nSPS) is 16.7. The van der Waals surface area contributed by atoms with Crippen molar-refractivity contribution in [1.29, 1.82) is 0 Å². The van der Waals surface area contributed by atoms with E-state index < -0.39 is 0 Å². The van der Waals surface area contributed by atoms with Gasteiger partial charge in [-0.3, -0.25) is 4.90 Å². The van der Waals surface area contributed by atoms with E-state index in [1.165, 1.54) is 12.8 Å². The second-order valence-electron chi connectivity index (χ2n) is 4.71. The van der Waals surface area contributed by atoms with E-state index in [0.717, 1.165) is 5.56 Å². The van der Waals surface area contributed by atoms with Crippen LogP contribution in [0.4, 0.5) is 0 Å². The lowest BCUT2D eigenvalue weighted by molar-refractivity contribution is 0.141. The van der Waals surface area contributed by atoms with Gasteiger partial charge in [0, 0.05) is 6.04 Å². The van der Waals surface area contributed by atoms with Gasteiger partial charge in [0.05, 0.1) is 26.9 Å². The molecule has 1 atom stereocenters. The summed E-state index contributed by atoms with van der Waals surface area (Å²) in [6.07, 6.45) is 2.45. The standard InChI is InChI=1S/C14H21NO3/c1-15(11-5-6-11)12(9-16)10-4-7-13(17-2)14(8-10)18-3/h4,7-8,11-12,16H,5-6,9H2,1-3H3. The van der Waals surface area contributed by atoms with Crippen LogP contribution < -0.4 is 9.47 Å². The van der Waals surface area contributed by atoms with Gasteiger partial charge in [-0.1, -0.05) is 6.07 Å². The molecule has 4 heteroatoms. The van der Waals surface area contributed by atoms with Gasteiger partial charge in [0.15, 0.2) is 11.5 Å². The lowest BCUT2D eigenvalue weighted by Crippen LogP contribution is -2.29. The van der Waals surface area contributed by atoms with Crippen molar-refractivity contribution in [3.8, 4) is 11.5 Å². The number of ether oxygens (including phenoxy) is 2. The summed E-state index contributed by atoms with van der Waals surface area (Å²) in [6.45, 7) is 0.114. The van der Waals surface area contributed by atoms with Gasteiger partial charge in [0.2, 0.25) is 0 Å². The quantitative estimate of drug-likeness (QED) is 0.837. The van der Waals surface area contributed by atoms with E-state index >= 15 is 0 Å². The number of likely N-dealkylation sites (N-methyl/N-ethyl adjacent to an activating group) is 1. The number of aliphatic hydroxyl groups is 1. The fraction of sp³-hybridized carbons (Fsp3) is 0.571. The van der Waals surface area contributed by atoms with Gasteiger partial charge in [-0.15, -0.1) is 0 Å². The summed E-state index contributed by atoms with van der Waals surface area (Å²) in [5.74, 6) is 1.42. The van der Waals surface area contributed by atoms with E-state index in [-0.39, 0.29) is 12.6 Å². The first-order valence-electron chi connectivity index (χ1n) is 6.26. The van der Waals surface area contributed by atoms with Gasteiger partial charge in [-0.25, -0.2) is 0 Å². The van der Waals surface area contributed by atoms with E-state index in [1.54, 1.807) is 14.2 Å². The highest BCUT2D eigenvalue weighted by atomic mass is 16.5. The van der Waals surface area contributed by atoms with Gasteiger partial charge in [-0.05, 0) is 37.6 Å². The minimum absolute atomic E-state index is 0.0253. The number of hydrogen-bond acceptors (Lipinski definition) is 4. The predicted octanol–water partition coefficient (Wildman–Crippen LogP) is 1.83. The van der Waals surface area contributed by atoms with Crippen LogP contribution in [0, 0.1) is 0 Å². The van der Waals surface area contributed by atoms with Crippen molar-refractivity contribution in [3.63, 3.8) is 0 Å². The fourth-order valence-corrected chi connectivity index (χ4v) is 2.27. The minimum Gasteiger partial charge on any atom is -0.493 e. The highest BCUT2D eigenvalue weighted by molar-refractivity contribution is 5.43. The van der Waals surface area contributed by atoms with Crippen LogP contribution in [0.15, 0.2) is 18.2 Å². The fourth-order valence-electron chi connectivity index (χ4n) is 2.27. The summed E-state index contributed by atoms with van der Waals surface area (Å²) in [5.41, 5.74) is 1.06. The highest BCUT2D eigenvalue weighted by Crippen LogP contribution is 2.36. The van der Waals surface area contributed by atoms with Crippen molar-refractivity contribution < 1.29 is 14.6 Å². The van der Waals surface area contributed by atoms with E-state index in [4.69, 9.17) is 9.47 Å². The SMILES string of the molecule is COc1ccc(C(CO)N(C)C2CC2)cc1OC. The first kappa shape index (κ1) is 13.2. The molecule has 1 aliphatic carbocycles. The Labute approximate surface area is 108 Å². The van der Waals surface area contributed by atoms with Crippen LogP contribution in [-0.2, 0) is 0 Å². The Kier molecular flexibility index (Phi) is 4.09. The largest absolute Gasteiger partial charge is 0.493 e. The summed E-state index contributed by atoms with van der Waals surface area (Å²) in [6, 6.07) is 6.45. The molecular formula is C14H21NO3. The first-order valence-corrected chi connectivity index (χ1v) is 6.26. The summed E-state index contributed by atoms with van der Waals surface area (Å²) < 4.78 is 10.5. The van der Waals surface area contributed by atoms with E-state index in [9.17, 15) is 5.11 Å². The lowest BCUT2D eigenvalue weighted by atomic mass is 10.1. The average molecular weight is 251 g/mol. The maximum Gasteiger partial charge on any atom is 0.161 e. The molecule has 0 bridgehead atoms. The second-order valence-corrected chi connectivity index (χ2v) is 4.71. The Morgan fingerprint density at radius 2 is 1.94 bits per heavy atom. The van der Waals surface area contributed by atoms with E-state index in [2.05, 4.69) is 11.9 Å². The second kappa shape index (κ2) is 5.59.